The van der Waals surface area contributed by atoms with Crippen molar-refractivity contribution in [3.05, 3.63) is 83.3 Å². The molecule has 0 aliphatic heterocycles. The maximum atomic E-state index is 12.9. The zero-order chi connectivity index (χ0) is 19.9. The first kappa shape index (κ1) is 19.2. The molecule has 7 heteroatoms. The second-order valence-electron chi connectivity index (χ2n) is 6.20. The molecule has 1 aromatic heterocycles. The van der Waals surface area contributed by atoms with Gasteiger partial charge in [-0.25, -0.2) is 4.39 Å². The standard InChI is InChI=1S/C21H19FN4O2/c1-14(27)16-3-2-4-18(13-16)24-21(28)19-9-10-20(26-25-19)23-12-11-15-5-7-17(22)8-6-15/h2-10,13H,11-12H2,1H3,(H,23,26)(H,24,28). The van der Waals surface area contributed by atoms with Crippen molar-refractivity contribution in [2.75, 3.05) is 17.2 Å². The van der Waals surface area contributed by atoms with E-state index in [4.69, 9.17) is 0 Å². The Kier molecular flexibility index (Phi) is 6.06. The number of amides is 1. The number of hydrogen-bond donors (Lipinski definition) is 2. The first-order chi connectivity index (χ1) is 13.5. The molecule has 28 heavy (non-hydrogen) atoms. The van der Waals surface area contributed by atoms with E-state index in [0.29, 0.717) is 30.0 Å². The lowest BCUT2D eigenvalue weighted by atomic mass is 10.1. The van der Waals surface area contributed by atoms with Crippen LogP contribution >= 0.6 is 0 Å². The van der Waals surface area contributed by atoms with Gasteiger partial charge in [0.15, 0.2) is 11.5 Å². The van der Waals surface area contributed by atoms with Crippen molar-refractivity contribution in [2.45, 2.75) is 13.3 Å². The molecular weight excluding hydrogens is 359 g/mol. The highest BCUT2D eigenvalue weighted by molar-refractivity contribution is 6.03. The van der Waals surface area contributed by atoms with Gasteiger partial charge in [-0.3, -0.25) is 9.59 Å². The van der Waals surface area contributed by atoms with Gasteiger partial charge < -0.3 is 10.6 Å². The van der Waals surface area contributed by atoms with Gasteiger partial charge in [0.2, 0.25) is 0 Å². The van der Waals surface area contributed by atoms with Gasteiger partial charge in [-0.2, -0.15) is 0 Å². The molecule has 0 unspecified atom stereocenters. The van der Waals surface area contributed by atoms with E-state index in [1.165, 1.54) is 19.1 Å². The van der Waals surface area contributed by atoms with Crippen LogP contribution in [-0.2, 0) is 6.42 Å². The Balaban J connectivity index is 1.54. The van der Waals surface area contributed by atoms with Gasteiger partial charge >= 0.3 is 0 Å². The molecule has 3 rings (SSSR count). The second-order valence-corrected chi connectivity index (χ2v) is 6.20. The molecular formula is C21H19FN4O2. The largest absolute Gasteiger partial charge is 0.368 e. The third-order valence-corrected chi connectivity index (χ3v) is 4.06. The van der Waals surface area contributed by atoms with E-state index in [1.54, 1.807) is 48.5 Å². The predicted molar refractivity (Wildman–Crippen MR) is 105 cm³/mol. The van der Waals surface area contributed by atoms with Gasteiger partial charge in [-0.05, 0) is 55.3 Å². The third kappa shape index (κ3) is 5.20. The Morgan fingerprint density at radius 2 is 1.79 bits per heavy atom. The number of nitrogens with one attached hydrogen (secondary N) is 2. The number of benzene rings is 2. The van der Waals surface area contributed by atoms with Gasteiger partial charge in [0.25, 0.3) is 5.91 Å². The van der Waals surface area contributed by atoms with Crippen LogP contribution in [0, 0.1) is 5.82 Å². The van der Waals surface area contributed by atoms with E-state index in [1.807, 2.05) is 0 Å². The molecule has 0 aliphatic rings. The summed E-state index contributed by atoms with van der Waals surface area (Å²) in [5.74, 6) is -0.209. The lowest BCUT2D eigenvalue weighted by Crippen LogP contribution is -2.15. The van der Waals surface area contributed by atoms with E-state index in [0.717, 1.165) is 5.56 Å². The molecule has 6 nitrogen and oxygen atoms in total. The zero-order valence-electron chi connectivity index (χ0n) is 15.3. The topological polar surface area (TPSA) is 84.0 Å². The van der Waals surface area contributed by atoms with Crippen LogP contribution in [0.25, 0.3) is 0 Å². The molecule has 1 heterocycles. The zero-order valence-corrected chi connectivity index (χ0v) is 15.3. The highest BCUT2D eigenvalue weighted by Crippen LogP contribution is 2.13. The van der Waals surface area contributed by atoms with Crippen molar-refractivity contribution in [2.24, 2.45) is 0 Å². The molecule has 2 aromatic carbocycles. The number of rotatable bonds is 7. The Morgan fingerprint density at radius 1 is 1.00 bits per heavy atom. The molecule has 0 bridgehead atoms. The SMILES string of the molecule is CC(=O)c1cccc(NC(=O)c2ccc(NCCc3ccc(F)cc3)nn2)c1. The van der Waals surface area contributed by atoms with Crippen LogP contribution in [-0.4, -0.2) is 28.4 Å². The number of ketones is 1. The third-order valence-electron chi connectivity index (χ3n) is 4.06. The van der Waals surface area contributed by atoms with Crippen molar-refractivity contribution in [3.8, 4) is 0 Å². The lowest BCUT2D eigenvalue weighted by molar-refractivity contribution is 0.100. The molecule has 0 radical (unpaired) electrons. The number of carbonyl (C=O) groups is 2. The smallest absolute Gasteiger partial charge is 0.276 e. The average molecular weight is 378 g/mol. The fourth-order valence-electron chi connectivity index (χ4n) is 2.54. The molecule has 0 saturated heterocycles. The summed E-state index contributed by atoms with van der Waals surface area (Å²) in [6.07, 6.45) is 0.705. The van der Waals surface area contributed by atoms with Crippen molar-refractivity contribution in [3.63, 3.8) is 0 Å². The normalized spacial score (nSPS) is 10.4. The fourth-order valence-corrected chi connectivity index (χ4v) is 2.54. The molecule has 2 N–H and O–H groups in total. The van der Waals surface area contributed by atoms with Crippen molar-refractivity contribution >= 4 is 23.2 Å². The van der Waals surface area contributed by atoms with Crippen molar-refractivity contribution in [1.82, 2.24) is 10.2 Å². The average Bonchev–Trinajstić information content (AvgIpc) is 2.70. The Labute approximate surface area is 161 Å². The number of hydrogen-bond acceptors (Lipinski definition) is 5. The minimum atomic E-state index is -0.411. The van der Waals surface area contributed by atoms with Crippen LogP contribution in [0.3, 0.4) is 0 Å². The van der Waals surface area contributed by atoms with Gasteiger partial charge in [-0.15, -0.1) is 10.2 Å². The number of carbonyl (C=O) groups excluding carboxylic acids is 2. The number of nitrogens with zero attached hydrogens (tertiary/aromatic N) is 2. The highest BCUT2D eigenvalue weighted by atomic mass is 19.1. The number of Topliss-reactive ketones (excluding diaryl/α,β-unsaturated/α-hetero) is 1. The number of aromatic nitrogens is 2. The summed E-state index contributed by atoms with van der Waals surface area (Å²) in [6.45, 7) is 2.07. The first-order valence-corrected chi connectivity index (χ1v) is 8.75. The van der Waals surface area contributed by atoms with Crippen LogP contribution in [0.2, 0.25) is 0 Å². The van der Waals surface area contributed by atoms with Crippen LogP contribution < -0.4 is 10.6 Å². The molecule has 0 saturated carbocycles. The van der Waals surface area contributed by atoms with E-state index >= 15 is 0 Å². The first-order valence-electron chi connectivity index (χ1n) is 8.75. The van der Waals surface area contributed by atoms with Crippen LogP contribution in [0.5, 0.6) is 0 Å². The van der Waals surface area contributed by atoms with E-state index in [-0.39, 0.29) is 17.3 Å². The maximum absolute atomic E-state index is 12.9. The van der Waals surface area contributed by atoms with Crippen LogP contribution in [0.4, 0.5) is 15.9 Å². The summed E-state index contributed by atoms with van der Waals surface area (Å²) in [4.78, 5) is 23.7. The Bertz CT molecular complexity index is 972. The minimum Gasteiger partial charge on any atom is -0.368 e. The molecule has 0 spiro atoms. The molecule has 142 valence electrons. The minimum absolute atomic E-state index is 0.0769. The lowest BCUT2D eigenvalue weighted by Gasteiger charge is -2.07. The number of anilines is 2. The van der Waals surface area contributed by atoms with E-state index in [2.05, 4.69) is 20.8 Å². The van der Waals surface area contributed by atoms with Gasteiger partial charge in [0.05, 0.1) is 0 Å². The summed E-state index contributed by atoms with van der Waals surface area (Å²) >= 11 is 0. The molecule has 3 aromatic rings. The number of halogens is 1. The predicted octanol–water partition coefficient (Wildman–Crippen LogP) is 3.73. The highest BCUT2D eigenvalue weighted by Gasteiger charge is 2.10. The summed E-state index contributed by atoms with van der Waals surface area (Å²) in [6, 6.07) is 16.2. The molecule has 1 amide bonds. The van der Waals surface area contributed by atoms with Crippen LogP contribution in [0.1, 0.15) is 33.3 Å². The van der Waals surface area contributed by atoms with Crippen LogP contribution in [0.15, 0.2) is 60.7 Å². The molecule has 0 atom stereocenters. The summed E-state index contributed by atoms with van der Waals surface area (Å²) < 4.78 is 12.9. The summed E-state index contributed by atoms with van der Waals surface area (Å²) in [5, 5.41) is 13.7. The summed E-state index contributed by atoms with van der Waals surface area (Å²) in [5.41, 5.74) is 2.20. The molecule has 0 fully saturated rings. The van der Waals surface area contributed by atoms with Crippen molar-refractivity contribution < 1.29 is 14.0 Å². The maximum Gasteiger partial charge on any atom is 0.276 e. The van der Waals surface area contributed by atoms with E-state index in [9.17, 15) is 14.0 Å². The fraction of sp³-hybridized carbons (Fsp3) is 0.143. The monoisotopic (exact) mass is 378 g/mol. The van der Waals surface area contributed by atoms with Gasteiger partial charge in [0, 0.05) is 17.8 Å². The molecule has 0 aliphatic carbocycles. The summed E-state index contributed by atoms with van der Waals surface area (Å²) in [7, 11) is 0. The Hall–Kier alpha value is -3.61. The van der Waals surface area contributed by atoms with Gasteiger partial charge in [0.1, 0.15) is 11.6 Å². The Morgan fingerprint density at radius 3 is 2.46 bits per heavy atom. The van der Waals surface area contributed by atoms with Crippen molar-refractivity contribution in [1.29, 1.82) is 0 Å². The quantitative estimate of drug-likeness (QED) is 0.612. The van der Waals surface area contributed by atoms with Gasteiger partial charge in [-0.1, -0.05) is 24.3 Å². The van der Waals surface area contributed by atoms with E-state index < -0.39 is 5.91 Å². The second kappa shape index (κ2) is 8.85.